The molecular weight excluding hydrogens is 380 g/mol. The molecule has 0 saturated carbocycles. The summed E-state index contributed by atoms with van der Waals surface area (Å²) in [6, 6.07) is 4.11. The van der Waals surface area contributed by atoms with E-state index >= 15 is 0 Å². The molecule has 1 aromatic rings. The van der Waals surface area contributed by atoms with E-state index < -0.39 is 5.60 Å². The average molecular weight is 415 g/mol. The molecule has 164 valence electrons. The van der Waals surface area contributed by atoms with Crippen LogP contribution in [-0.4, -0.2) is 60.2 Å². The van der Waals surface area contributed by atoms with Gasteiger partial charge in [0.05, 0.1) is 16.8 Å². The predicted octanol–water partition coefficient (Wildman–Crippen LogP) is 3.74. The Morgan fingerprint density at radius 2 is 1.67 bits per heavy atom. The lowest BCUT2D eigenvalue weighted by atomic mass is 9.77. The molecule has 4 heterocycles. The van der Waals surface area contributed by atoms with E-state index in [1.165, 1.54) is 12.8 Å². The highest BCUT2D eigenvalue weighted by atomic mass is 16.6. The molecule has 30 heavy (non-hydrogen) atoms. The zero-order chi connectivity index (χ0) is 21.5. The number of ether oxygens (including phenoxy) is 1. The minimum absolute atomic E-state index is 0.185. The van der Waals surface area contributed by atoms with Gasteiger partial charge in [0, 0.05) is 32.7 Å². The summed E-state index contributed by atoms with van der Waals surface area (Å²) in [7, 11) is 0. The topological polar surface area (TPSA) is 66.0 Å². The van der Waals surface area contributed by atoms with Gasteiger partial charge in [0.25, 0.3) is 0 Å². The van der Waals surface area contributed by atoms with E-state index in [0.717, 1.165) is 43.3 Å². The summed E-state index contributed by atoms with van der Waals surface area (Å²) in [5.74, 6) is 1.20. The van der Waals surface area contributed by atoms with Gasteiger partial charge in [0.15, 0.2) is 0 Å². The minimum Gasteiger partial charge on any atom is -0.444 e. The predicted molar refractivity (Wildman–Crippen MR) is 117 cm³/mol. The van der Waals surface area contributed by atoms with Crippen LogP contribution in [0.25, 0.3) is 0 Å². The third kappa shape index (κ3) is 3.98. The fraction of sp³-hybridized carbons (Fsp3) is 0.696. The molecule has 0 unspecified atom stereocenters. The van der Waals surface area contributed by atoms with Crippen molar-refractivity contribution in [3.8, 4) is 0 Å². The third-order valence-electron chi connectivity index (χ3n) is 6.65. The maximum Gasteiger partial charge on any atom is 0.410 e. The number of amides is 2. The first-order chi connectivity index (χ1) is 14.2. The number of carbonyl (C=O) groups is 2. The first-order valence-electron chi connectivity index (χ1n) is 11.2. The average Bonchev–Trinajstić information content (AvgIpc) is 3.31. The summed E-state index contributed by atoms with van der Waals surface area (Å²) >= 11 is 0. The van der Waals surface area contributed by atoms with Crippen molar-refractivity contribution in [3.05, 3.63) is 17.8 Å². The number of hydrogen-bond acceptors (Lipinski definition) is 5. The molecule has 0 radical (unpaired) electrons. The molecule has 7 heteroatoms. The molecular formula is C23H34N4O3. The fourth-order valence-electron chi connectivity index (χ4n) is 4.91. The molecule has 3 aliphatic rings. The van der Waals surface area contributed by atoms with E-state index in [0.29, 0.717) is 25.9 Å². The van der Waals surface area contributed by atoms with Gasteiger partial charge >= 0.3 is 6.09 Å². The summed E-state index contributed by atoms with van der Waals surface area (Å²) in [4.78, 5) is 36.6. The lowest BCUT2D eigenvalue weighted by molar-refractivity contribution is -0.128. The Bertz CT molecular complexity index is 818. The second-order valence-corrected chi connectivity index (χ2v) is 9.92. The smallest absolute Gasteiger partial charge is 0.410 e. The van der Waals surface area contributed by atoms with Gasteiger partial charge in [-0.25, -0.2) is 9.78 Å². The molecule has 0 aromatic carbocycles. The first kappa shape index (κ1) is 20.9. The molecule has 4 rings (SSSR count). The molecule has 3 saturated heterocycles. The standard InChI is InChI=1S/C23H34N4O3/c1-17-18(7-8-19(24-17)25-12-5-6-13-25)27-16-11-23(20(27)28)9-14-26(15-10-23)21(29)30-22(2,3)4/h7-8H,5-6,9-16H2,1-4H3. The number of hydrogen-bond donors (Lipinski definition) is 0. The highest BCUT2D eigenvalue weighted by molar-refractivity contribution is 6.00. The van der Waals surface area contributed by atoms with Crippen LogP contribution in [0.3, 0.4) is 0 Å². The van der Waals surface area contributed by atoms with Gasteiger partial charge in [-0.3, -0.25) is 4.79 Å². The lowest BCUT2D eigenvalue weighted by Crippen LogP contribution is -2.48. The van der Waals surface area contributed by atoms with Gasteiger partial charge in [-0.2, -0.15) is 0 Å². The van der Waals surface area contributed by atoms with Crippen LogP contribution in [0.1, 0.15) is 58.6 Å². The zero-order valence-electron chi connectivity index (χ0n) is 18.7. The molecule has 3 fully saturated rings. The van der Waals surface area contributed by atoms with E-state index in [-0.39, 0.29) is 17.4 Å². The van der Waals surface area contributed by atoms with Crippen molar-refractivity contribution in [2.75, 3.05) is 42.5 Å². The van der Waals surface area contributed by atoms with Crippen molar-refractivity contribution < 1.29 is 14.3 Å². The lowest BCUT2D eigenvalue weighted by Gasteiger charge is -2.38. The van der Waals surface area contributed by atoms with Crippen LogP contribution in [0.4, 0.5) is 16.3 Å². The van der Waals surface area contributed by atoms with E-state index in [9.17, 15) is 9.59 Å². The summed E-state index contributed by atoms with van der Waals surface area (Å²) < 4.78 is 5.49. The van der Waals surface area contributed by atoms with Crippen LogP contribution >= 0.6 is 0 Å². The molecule has 1 spiro atoms. The number of carbonyl (C=O) groups excluding carboxylic acids is 2. The summed E-state index contributed by atoms with van der Waals surface area (Å²) in [6.45, 7) is 11.6. The van der Waals surface area contributed by atoms with E-state index in [4.69, 9.17) is 9.72 Å². The number of anilines is 2. The maximum absolute atomic E-state index is 13.4. The van der Waals surface area contributed by atoms with Crippen molar-refractivity contribution in [1.29, 1.82) is 0 Å². The number of aromatic nitrogens is 1. The van der Waals surface area contributed by atoms with Crippen molar-refractivity contribution in [2.24, 2.45) is 5.41 Å². The number of rotatable bonds is 2. The number of piperidine rings is 1. The van der Waals surface area contributed by atoms with Crippen LogP contribution in [0, 0.1) is 12.3 Å². The summed E-state index contributed by atoms with van der Waals surface area (Å²) in [6.07, 6.45) is 4.38. The monoisotopic (exact) mass is 414 g/mol. The Kier molecular flexibility index (Phi) is 5.41. The van der Waals surface area contributed by atoms with Crippen LogP contribution < -0.4 is 9.80 Å². The quantitative estimate of drug-likeness (QED) is 0.737. The van der Waals surface area contributed by atoms with Crippen molar-refractivity contribution in [2.45, 2.75) is 65.4 Å². The van der Waals surface area contributed by atoms with E-state index in [2.05, 4.69) is 17.0 Å². The number of aryl methyl sites for hydroxylation is 1. The second-order valence-electron chi connectivity index (χ2n) is 9.92. The maximum atomic E-state index is 13.4. The molecule has 1 aromatic heterocycles. The molecule has 2 amide bonds. The van der Waals surface area contributed by atoms with Crippen LogP contribution in [0.2, 0.25) is 0 Å². The minimum atomic E-state index is -0.502. The molecule has 0 bridgehead atoms. The van der Waals surface area contributed by atoms with Gasteiger partial charge < -0.3 is 19.4 Å². The number of likely N-dealkylation sites (tertiary alicyclic amines) is 1. The summed E-state index contributed by atoms with van der Waals surface area (Å²) in [5.41, 5.74) is 0.974. The zero-order valence-corrected chi connectivity index (χ0v) is 18.7. The van der Waals surface area contributed by atoms with Crippen molar-refractivity contribution in [1.82, 2.24) is 9.88 Å². The Balaban J connectivity index is 1.42. The summed E-state index contributed by atoms with van der Waals surface area (Å²) in [5, 5.41) is 0. The van der Waals surface area contributed by atoms with Crippen molar-refractivity contribution in [3.63, 3.8) is 0 Å². The van der Waals surface area contributed by atoms with Crippen molar-refractivity contribution >= 4 is 23.5 Å². The number of nitrogens with zero attached hydrogens (tertiary/aromatic N) is 4. The van der Waals surface area contributed by atoms with E-state index in [1.54, 1.807) is 4.90 Å². The molecule has 0 aliphatic carbocycles. The largest absolute Gasteiger partial charge is 0.444 e. The SMILES string of the molecule is Cc1nc(N2CCCC2)ccc1N1CCC2(CCN(C(=O)OC(C)(C)C)CC2)C1=O. The Labute approximate surface area is 179 Å². The number of pyridine rings is 1. The normalized spacial score (nSPS) is 21.6. The second kappa shape index (κ2) is 7.75. The molecule has 0 atom stereocenters. The molecule has 0 N–H and O–H groups in total. The first-order valence-corrected chi connectivity index (χ1v) is 11.2. The highest BCUT2D eigenvalue weighted by Crippen LogP contribution is 2.44. The Morgan fingerprint density at radius 1 is 1.03 bits per heavy atom. The van der Waals surface area contributed by atoms with Gasteiger partial charge in [-0.15, -0.1) is 0 Å². The third-order valence-corrected chi connectivity index (χ3v) is 6.65. The van der Waals surface area contributed by atoms with Gasteiger partial charge in [-0.05, 0) is 71.9 Å². The van der Waals surface area contributed by atoms with Gasteiger partial charge in [-0.1, -0.05) is 0 Å². The fourth-order valence-corrected chi connectivity index (χ4v) is 4.91. The Morgan fingerprint density at radius 3 is 2.27 bits per heavy atom. The Hall–Kier alpha value is -2.31. The van der Waals surface area contributed by atoms with Crippen LogP contribution in [-0.2, 0) is 9.53 Å². The van der Waals surface area contributed by atoms with Gasteiger partial charge in [0.1, 0.15) is 11.4 Å². The van der Waals surface area contributed by atoms with Gasteiger partial charge in [0.2, 0.25) is 5.91 Å². The van der Waals surface area contributed by atoms with Crippen LogP contribution in [0.15, 0.2) is 12.1 Å². The van der Waals surface area contributed by atoms with Crippen LogP contribution in [0.5, 0.6) is 0 Å². The molecule has 3 aliphatic heterocycles. The highest BCUT2D eigenvalue weighted by Gasteiger charge is 2.49. The molecule has 7 nitrogen and oxygen atoms in total. The van der Waals surface area contributed by atoms with E-state index in [1.807, 2.05) is 32.6 Å².